The number of hydrogen-bond acceptors (Lipinski definition) is 6. The van der Waals surface area contributed by atoms with Crippen LogP contribution in [-0.4, -0.2) is 65.5 Å². The third kappa shape index (κ3) is 5.75. The standard InChI is InChI=1S/C31H30F3N5O3/c1-2-39(30(41)42-23-9-7-22(32)8-10-23)27-19-38(18-24(27)21-6-11-25(33)26(34)17-21)29(40)31(20-35)12-15-37(16-13-31)28-5-3-4-14-36-28/h3-11,14,17,24,27H,2,12-13,15-16,18-19H2,1H3/t24-,27+/m0/s1. The molecule has 0 saturated carbocycles. The summed E-state index contributed by atoms with van der Waals surface area (Å²) in [6, 6.07) is 15.7. The van der Waals surface area contributed by atoms with Gasteiger partial charge in [0.15, 0.2) is 11.6 Å². The summed E-state index contributed by atoms with van der Waals surface area (Å²) in [7, 11) is 0. The van der Waals surface area contributed by atoms with E-state index in [1.807, 2.05) is 23.1 Å². The number of hydrogen-bond donors (Lipinski definition) is 0. The normalized spacial score (nSPS) is 19.7. The van der Waals surface area contributed by atoms with Crippen LogP contribution >= 0.6 is 0 Å². The first kappa shape index (κ1) is 28.9. The van der Waals surface area contributed by atoms with E-state index < -0.39 is 40.9 Å². The summed E-state index contributed by atoms with van der Waals surface area (Å²) in [6.07, 6.45) is 1.55. The molecule has 0 unspecified atom stereocenters. The highest BCUT2D eigenvalue weighted by atomic mass is 19.2. The Labute approximate surface area is 241 Å². The highest BCUT2D eigenvalue weighted by molar-refractivity contribution is 5.86. The molecule has 0 radical (unpaired) electrons. The van der Waals surface area contributed by atoms with Crippen molar-refractivity contribution in [1.82, 2.24) is 14.8 Å². The van der Waals surface area contributed by atoms with E-state index in [0.29, 0.717) is 31.5 Å². The van der Waals surface area contributed by atoms with Gasteiger partial charge in [0.2, 0.25) is 5.91 Å². The lowest BCUT2D eigenvalue weighted by Gasteiger charge is -2.38. The second-order valence-corrected chi connectivity index (χ2v) is 10.5. The molecule has 2 aliphatic heterocycles. The number of anilines is 1. The Morgan fingerprint density at radius 3 is 2.40 bits per heavy atom. The topological polar surface area (TPSA) is 89.8 Å². The summed E-state index contributed by atoms with van der Waals surface area (Å²) in [6.45, 7) is 3.03. The fourth-order valence-electron chi connectivity index (χ4n) is 5.83. The van der Waals surface area contributed by atoms with E-state index in [9.17, 15) is 28.0 Å². The minimum absolute atomic E-state index is 0.0717. The van der Waals surface area contributed by atoms with Crippen LogP contribution in [0.15, 0.2) is 66.9 Å². The molecule has 2 atom stereocenters. The molecule has 0 spiro atoms. The van der Waals surface area contributed by atoms with Crippen molar-refractivity contribution in [2.75, 3.05) is 37.6 Å². The van der Waals surface area contributed by atoms with Gasteiger partial charge in [-0.15, -0.1) is 0 Å². The van der Waals surface area contributed by atoms with E-state index in [4.69, 9.17) is 4.74 Å². The maximum Gasteiger partial charge on any atom is 0.415 e. The number of likely N-dealkylation sites (tertiary alicyclic amines) is 1. The zero-order valence-electron chi connectivity index (χ0n) is 23.1. The average Bonchev–Trinajstić information content (AvgIpc) is 3.45. The lowest BCUT2D eigenvalue weighted by atomic mass is 9.78. The van der Waals surface area contributed by atoms with Gasteiger partial charge in [0.1, 0.15) is 22.8 Å². The van der Waals surface area contributed by atoms with Gasteiger partial charge in [-0.1, -0.05) is 12.1 Å². The highest BCUT2D eigenvalue weighted by Gasteiger charge is 2.49. The van der Waals surface area contributed by atoms with Gasteiger partial charge < -0.3 is 19.4 Å². The lowest BCUT2D eigenvalue weighted by Crippen LogP contribution is -2.50. The van der Waals surface area contributed by atoms with E-state index >= 15 is 0 Å². The number of benzene rings is 2. The van der Waals surface area contributed by atoms with Gasteiger partial charge in [-0.25, -0.2) is 22.9 Å². The second kappa shape index (κ2) is 12.1. The maximum absolute atomic E-state index is 14.3. The number of rotatable bonds is 6. The van der Waals surface area contributed by atoms with E-state index in [1.165, 1.54) is 35.2 Å². The number of nitrogens with zero attached hydrogens (tertiary/aromatic N) is 5. The van der Waals surface area contributed by atoms with Crippen LogP contribution < -0.4 is 9.64 Å². The number of carbonyl (C=O) groups excluding carboxylic acids is 2. The molecule has 42 heavy (non-hydrogen) atoms. The number of pyridine rings is 1. The number of aromatic nitrogens is 1. The van der Waals surface area contributed by atoms with Gasteiger partial charge in [-0.3, -0.25) is 4.79 Å². The molecule has 0 N–H and O–H groups in total. The maximum atomic E-state index is 14.3. The van der Waals surface area contributed by atoms with Crippen LogP contribution in [0.4, 0.5) is 23.8 Å². The fourth-order valence-corrected chi connectivity index (χ4v) is 5.83. The summed E-state index contributed by atoms with van der Waals surface area (Å²) in [5.41, 5.74) is -0.858. The van der Waals surface area contributed by atoms with Crippen molar-refractivity contribution < 1.29 is 27.5 Å². The van der Waals surface area contributed by atoms with Crippen LogP contribution in [0.25, 0.3) is 0 Å². The predicted octanol–water partition coefficient (Wildman–Crippen LogP) is 5.12. The zero-order chi connectivity index (χ0) is 29.9. The third-order valence-electron chi connectivity index (χ3n) is 8.16. The molecule has 2 saturated heterocycles. The smallest absolute Gasteiger partial charge is 0.410 e. The van der Waals surface area contributed by atoms with Crippen LogP contribution in [0.5, 0.6) is 5.75 Å². The van der Waals surface area contributed by atoms with Crippen LogP contribution in [-0.2, 0) is 4.79 Å². The first-order valence-electron chi connectivity index (χ1n) is 13.8. The van der Waals surface area contributed by atoms with Crippen molar-refractivity contribution in [2.24, 2.45) is 5.41 Å². The molecule has 3 heterocycles. The molecule has 1 aromatic heterocycles. The van der Waals surface area contributed by atoms with E-state index in [-0.39, 0.29) is 31.3 Å². The lowest BCUT2D eigenvalue weighted by molar-refractivity contribution is -0.139. The average molecular weight is 578 g/mol. The summed E-state index contributed by atoms with van der Waals surface area (Å²) in [4.78, 5) is 36.7. The van der Waals surface area contributed by atoms with Crippen molar-refractivity contribution in [3.63, 3.8) is 0 Å². The number of ether oxygens (including phenoxy) is 1. The molecule has 0 bridgehead atoms. The van der Waals surface area contributed by atoms with Crippen LogP contribution in [0.3, 0.4) is 0 Å². The number of likely N-dealkylation sites (N-methyl/N-ethyl adjacent to an activating group) is 1. The molecule has 2 aromatic carbocycles. The monoisotopic (exact) mass is 577 g/mol. The minimum atomic E-state index is -1.27. The zero-order valence-corrected chi connectivity index (χ0v) is 23.1. The largest absolute Gasteiger partial charge is 0.415 e. The molecular weight excluding hydrogens is 547 g/mol. The Morgan fingerprint density at radius 1 is 1.05 bits per heavy atom. The minimum Gasteiger partial charge on any atom is -0.410 e. The molecule has 8 nitrogen and oxygen atoms in total. The molecule has 2 fully saturated rings. The number of halogens is 3. The summed E-state index contributed by atoms with van der Waals surface area (Å²) in [5.74, 6) is -2.55. The molecule has 2 amide bonds. The van der Waals surface area contributed by atoms with E-state index in [0.717, 1.165) is 18.0 Å². The van der Waals surface area contributed by atoms with E-state index in [1.54, 1.807) is 18.0 Å². The number of carbonyl (C=O) groups is 2. The summed E-state index contributed by atoms with van der Waals surface area (Å²) < 4.78 is 47.0. The third-order valence-corrected chi connectivity index (χ3v) is 8.16. The molecule has 5 rings (SSSR count). The highest BCUT2D eigenvalue weighted by Crippen LogP contribution is 2.39. The fraction of sp³-hybridized carbons (Fsp3) is 0.355. The second-order valence-electron chi connectivity index (χ2n) is 10.5. The Morgan fingerprint density at radius 2 is 1.79 bits per heavy atom. The van der Waals surface area contributed by atoms with E-state index in [2.05, 4.69) is 11.1 Å². The molecule has 2 aliphatic rings. The van der Waals surface area contributed by atoms with Crippen LogP contribution in [0, 0.1) is 34.2 Å². The van der Waals surface area contributed by atoms with Gasteiger partial charge in [0.05, 0.1) is 12.1 Å². The van der Waals surface area contributed by atoms with Crippen LogP contribution in [0.1, 0.15) is 31.2 Å². The number of nitriles is 1. The molecule has 218 valence electrons. The van der Waals surface area contributed by atoms with Gasteiger partial charge in [0, 0.05) is 44.8 Å². The van der Waals surface area contributed by atoms with Gasteiger partial charge in [0.25, 0.3) is 0 Å². The van der Waals surface area contributed by atoms with Crippen molar-refractivity contribution in [1.29, 1.82) is 5.26 Å². The van der Waals surface area contributed by atoms with Gasteiger partial charge >= 0.3 is 6.09 Å². The molecule has 0 aliphatic carbocycles. The van der Waals surface area contributed by atoms with Crippen molar-refractivity contribution in [3.05, 3.63) is 89.9 Å². The number of amides is 2. The Balaban J connectivity index is 1.39. The first-order chi connectivity index (χ1) is 20.2. The Kier molecular flexibility index (Phi) is 8.34. The van der Waals surface area contributed by atoms with Crippen molar-refractivity contribution >= 4 is 17.8 Å². The predicted molar refractivity (Wildman–Crippen MR) is 148 cm³/mol. The van der Waals surface area contributed by atoms with Crippen molar-refractivity contribution in [2.45, 2.75) is 31.7 Å². The van der Waals surface area contributed by atoms with Crippen molar-refractivity contribution in [3.8, 4) is 11.8 Å². The van der Waals surface area contributed by atoms with Gasteiger partial charge in [-0.2, -0.15) is 5.26 Å². The molecule has 11 heteroatoms. The summed E-state index contributed by atoms with van der Waals surface area (Å²) in [5, 5.41) is 10.2. The molecular formula is C31H30F3N5O3. The van der Waals surface area contributed by atoms with Crippen LogP contribution in [0.2, 0.25) is 0 Å². The SMILES string of the molecule is CCN(C(=O)Oc1ccc(F)cc1)[C@@H]1CN(C(=O)C2(C#N)CCN(c3ccccn3)CC2)C[C@H]1c1ccc(F)c(F)c1. The summed E-state index contributed by atoms with van der Waals surface area (Å²) >= 11 is 0. The quantitative estimate of drug-likeness (QED) is 0.404. The Hall–Kier alpha value is -4.59. The first-order valence-corrected chi connectivity index (χ1v) is 13.8. The number of piperidine rings is 1. The Bertz CT molecular complexity index is 1470. The molecule has 3 aromatic rings. The van der Waals surface area contributed by atoms with Gasteiger partial charge in [-0.05, 0) is 73.9 Å².